The Morgan fingerprint density at radius 3 is 2.96 bits per heavy atom. The molecule has 0 saturated carbocycles. The predicted octanol–water partition coefficient (Wildman–Crippen LogP) is 1.73. The monoisotopic (exact) mass is 324 g/mol. The zero-order valence-corrected chi connectivity index (χ0v) is 13.7. The van der Waals surface area contributed by atoms with Gasteiger partial charge in [-0.3, -0.25) is 9.59 Å². The quantitative estimate of drug-likeness (QED) is 0.935. The van der Waals surface area contributed by atoms with Crippen molar-refractivity contribution in [3.8, 4) is 0 Å². The van der Waals surface area contributed by atoms with E-state index in [0.717, 1.165) is 28.9 Å². The number of amides is 2. The lowest BCUT2D eigenvalue weighted by Gasteiger charge is -2.33. The van der Waals surface area contributed by atoms with E-state index < -0.39 is 6.04 Å². The molecule has 2 aliphatic rings. The van der Waals surface area contributed by atoms with E-state index in [2.05, 4.69) is 9.97 Å². The second-order valence-corrected chi connectivity index (χ2v) is 6.35. The molecular weight excluding hydrogens is 304 g/mol. The van der Waals surface area contributed by atoms with Crippen molar-refractivity contribution in [2.24, 2.45) is 0 Å². The largest absolute Gasteiger partial charge is 0.347 e. The maximum Gasteiger partial charge on any atom is 0.255 e. The van der Waals surface area contributed by atoms with Crippen molar-refractivity contribution in [3.05, 3.63) is 53.1 Å². The van der Waals surface area contributed by atoms with Crippen LogP contribution in [0.15, 0.2) is 30.6 Å². The second kappa shape index (κ2) is 5.78. The van der Waals surface area contributed by atoms with Crippen LogP contribution in [0.3, 0.4) is 0 Å². The van der Waals surface area contributed by atoms with E-state index in [1.54, 1.807) is 11.2 Å². The summed E-state index contributed by atoms with van der Waals surface area (Å²) in [5, 5.41) is 0. The zero-order chi connectivity index (χ0) is 16.7. The van der Waals surface area contributed by atoms with Crippen molar-refractivity contribution in [3.63, 3.8) is 0 Å². The Morgan fingerprint density at radius 2 is 2.17 bits per heavy atom. The van der Waals surface area contributed by atoms with Crippen LogP contribution in [0.5, 0.6) is 0 Å². The minimum Gasteiger partial charge on any atom is -0.347 e. The van der Waals surface area contributed by atoms with Crippen LogP contribution in [0.2, 0.25) is 0 Å². The predicted molar refractivity (Wildman–Crippen MR) is 88.1 cm³/mol. The van der Waals surface area contributed by atoms with Crippen molar-refractivity contribution >= 4 is 11.8 Å². The van der Waals surface area contributed by atoms with Crippen LogP contribution in [0.1, 0.15) is 40.7 Å². The molecule has 6 nitrogen and oxygen atoms in total. The van der Waals surface area contributed by atoms with Crippen LogP contribution >= 0.6 is 0 Å². The van der Waals surface area contributed by atoms with Gasteiger partial charge < -0.3 is 14.8 Å². The van der Waals surface area contributed by atoms with Gasteiger partial charge in [0.1, 0.15) is 6.04 Å². The number of carbonyl (C=O) groups excluding carboxylic acids is 2. The van der Waals surface area contributed by atoms with Gasteiger partial charge in [0.2, 0.25) is 5.91 Å². The summed E-state index contributed by atoms with van der Waals surface area (Å²) < 4.78 is 0. The standard InChI is InChI=1S/C18H20N4O2/c1-2-16(22-9-12-5-3-4-6-13(12)17(22)23)18(24)21-8-7-14-15(10-21)20-11-19-14/h3-6,11,16H,2,7-10H2,1H3,(H,19,20)/t16-/m0/s1. The number of imidazole rings is 1. The summed E-state index contributed by atoms with van der Waals surface area (Å²) >= 11 is 0. The minimum absolute atomic E-state index is 0.0268. The van der Waals surface area contributed by atoms with Crippen LogP contribution < -0.4 is 0 Å². The first-order valence-electron chi connectivity index (χ1n) is 8.37. The topological polar surface area (TPSA) is 69.3 Å². The first-order chi connectivity index (χ1) is 11.7. The molecule has 2 aliphatic heterocycles. The van der Waals surface area contributed by atoms with E-state index in [1.807, 2.05) is 36.1 Å². The third-order valence-corrected chi connectivity index (χ3v) is 4.98. The highest BCUT2D eigenvalue weighted by Crippen LogP contribution is 2.27. The van der Waals surface area contributed by atoms with Crippen LogP contribution in [-0.2, 0) is 24.3 Å². The van der Waals surface area contributed by atoms with Crippen LogP contribution in [0.4, 0.5) is 0 Å². The van der Waals surface area contributed by atoms with Crippen molar-refractivity contribution in [1.82, 2.24) is 19.8 Å². The summed E-state index contributed by atoms with van der Waals surface area (Å²) in [5.41, 5.74) is 3.76. The van der Waals surface area contributed by atoms with Gasteiger partial charge in [0.15, 0.2) is 0 Å². The normalized spacial score (nSPS) is 17.6. The van der Waals surface area contributed by atoms with E-state index >= 15 is 0 Å². The number of benzene rings is 1. The fourth-order valence-electron chi connectivity index (χ4n) is 3.67. The number of H-pyrrole nitrogens is 1. The lowest BCUT2D eigenvalue weighted by molar-refractivity contribution is -0.137. The number of nitrogens with one attached hydrogen (secondary N) is 1. The molecule has 0 spiro atoms. The molecular formula is C18H20N4O2. The molecule has 0 aliphatic carbocycles. The molecule has 24 heavy (non-hydrogen) atoms. The van der Waals surface area contributed by atoms with Crippen molar-refractivity contribution < 1.29 is 9.59 Å². The Labute approximate surface area is 140 Å². The molecule has 1 aromatic carbocycles. The van der Waals surface area contributed by atoms with Gasteiger partial charge in [-0.1, -0.05) is 25.1 Å². The number of aromatic nitrogens is 2. The molecule has 0 radical (unpaired) electrons. The lowest BCUT2D eigenvalue weighted by Crippen LogP contribution is -2.49. The van der Waals surface area contributed by atoms with Gasteiger partial charge in [-0.05, 0) is 18.1 Å². The van der Waals surface area contributed by atoms with Gasteiger partial charge in [-0.2, -0.15) is 0 Å². The third kappa shape index (κ3) is 2.29. The highest BCUT2D eigenvalue weighted by atomic mass is 16.2. The van der Waals surface area contributed by atoms with Gasteiger partial charge in [0, 0.05) is 25.1 Å². The van der Waals surface area contributed by atoms with Crippen LogP contribution in [-0.4, -0.2) is 44.2 Å². The van der Waals surface area contributed by atoms with Gasteiger partial charge in [-0.25, -0.2) is 4.98 Å². The Balaban J connectivity index is 1.54. The van der Waals surface area contributed by atoms with Crippen molar-refractivity contribution in [1.29, 1.82) is 0 Å². The lowest BCUT2D eigenvalue weighted by atomic mass is 10.1. The third-order valence-electron chi connectivity index (χ3n) is 4.98. The maximum atomic E-state index is 13.0. The summed E-state index contributed by atoms with van der Waals surface area (Å²) in [6.07, 6.45) is 3.05. The fraction of sp³-hybridized carbons (Fsp3) is 0.389. The summed E-state index contributed by atoms with van der Waals surface area (Å²) in [6.45, 7) is 3.68. The smallest absolute Gasteiger partial charge is 0.255 e. The molecule has 2 amide bonds. The summed E-state index contributed by atoms with van der Waals surface area (Å²) in [4.78, 5) is 36.7. The first-order valence-corrected chi connectivity index (χ1v) is 8.37. The number of aromatic amines is 1. The average Bonchev–Trinajstić information content (AvgIpc) is 3.20. The van der Waals surface area contributed by atoms with Crippen molar-refractivity contribution in [2.45, 2.75) is 38.9 Å². The summed E-state index contributed by atoms with van der Waals surface area (Å²) in [6, 6.07) is 7.19. The number of nitrogens with zero attached hydrogens (tertiary/aromatic N) is 3. The van der Waals surface area contributed by atoms with E-state index in [0.29, 0.717) is 26.1 Å². The molecule has 1 atom stereocenters. The molecule has 6 heteroatoms. The molecule has 124 valence electrons. The Bertz CT molecular complexity index is 798. The van der Waals surface area contributed by atoms with E-state index in [9.17, 15) is 9.59 Å². The number of hydrogen-bond donors (Lipinski definition) is 1. The second-order valence-electron chi connectivity index (χ2n) is 6.35. The SMILES string of the molecule is CC[C@@H](C(=O)N1CCc2nc[nH]c2C1)N1Cc2ccccc2C1=O. The zero-order valence-electron chi connectivity index (χ0n) is 13.7. The number of fused-ring (bicyclic) bond motifs is 2. The van der Waals surface area contributed by atoms with E-state index in [-0.39, 0.29) is 11.8 Å². The van der Waals surface area contributed by atoms with Crippen molar-refractivity contribution in [2.75, 3.05) is 6.54 Å². The summed E-state index contributed by atoms with van der Waals surface area (Å²) in [5.74, 6) is -0.0102. The highest BCUT2D eigenvalue weighted by Gasteiger charge is 2.37. The van der Waals surface area contributed by atoms with Gasteiger partial charge in [0.05, 0.1) is 24.3 Å². The number of hydrogen-bond acceptors (Lipinski definition) is 3. The van der Waals surface area contributed by atoms with E-state index in [4.69, 9.17) is 0 Å². The van der Waals surface area contributed by atoms with Gasteiger partial charge >= 0.3 is 0 Å². The molecule has 0 bridgehead atoms. The Kier molecular flexibility index (Phi) is 3.59. The maximum absolute atomic E-state index is 13.0. The number of rotatable bonds is 3. The first kappa shape index (κ1) is 14.9. The molecule has 4 rings (SSSR count). The van der Waals surface area contributed by atoms with Crippen LogP contribution in [0.25, 0.3) is 0 Å². The minimum atomic E-state index is -0.408. The molecule has 0 fully saturated rings. The van der Waals surface area contributed by atoms with Gasteiger partial charge in [0.25, 0.3) is 5.91 Å². The number of carbonyl (C=O) groups is 2. The Morgan fingerprint density at radius 1 is 1.33 bits per heavy atom. The van der Waals surface area contributed by atoms with E-state index in [1.165, 1.54) is 0 Å². The highest BCUT2D eigenvalue weighted by molar-refractivity contribution is 6.01. The van der Waals surface area contributed by atoms with Crippen LogP contribution in [0, 0.1) is 0 Å². The average molecular weight is 324 g/mol. The summed E-state index contributed by atoms with van der Waals surface area (Å²) in [7, 11) is 0. The molecule has 0 saturated heterocycles. The molecule has 3 heterocycles. The molecule has 1 N–H and O–H groups in total. The molecule has 1 aromatic heterocycles. The van der Waals surface area contributed by atoms with Gasteiger partial charge in [-0.15, -0.1) is 0 Å². The molecule has 0 unspecified atom stereocenters. The fourth-order valence-corrected chi connectivity index (χ4v) is 3.67. The Hall–Kier alpha value is -2.63. The molecule has 2 aromatic rings.